The average molecular weight is 337 g/mol. The van der Waals surface area contributed by atoms with Crippen LogP contribution in [0.2, 0.25) is 0 Å². The summed E-state index contributed by atoms with van der Waals surface area (Å²) >= 11 is 0. The van der Waals surface area contributed by atoms with Crippen molar-refractivity contribution in [2.75, 3.05) is 11.1 Å². The van der Waals surface area contributed by atoms with Crippen molar-refractivity contribution in [3.8, 4) is 0 Å². The van der Waals surface area contributed by atoms with Crippen molar-refractivity contribution < 1.29 is 0 Å². The van der Waals surface area contributed by atoms with Gasteiger partial charge in [-0.3, -0.25) is 14.3 Å². The van der Waals surface area contributed by atoms with E-state index in [0.717, 1.165) is 31.2 Å². The number of aromatic nitrogens is 2. The molecule has 2 aromatic rings. The van der Waals surface area contributed by atoms with Gasteiger partial charge in [0.1, 0.15) is 11.5 Å². The van der Waals surface area contributed by atoms with Crippen molar-refractivity contribution in [1.82, 2.24) is 9.55 Å². The Balaban J connectivity index is 0.00000192. The molecule has 1 fully saturated rings. The summed E-state index contributed by atoms with van der Waals surface area (Å²) in [6.07, 6.45) is 4.35. The van der Waals surface area contributed by atoms with E-state index in [9.17, 15) is 9.59 Å². The molecule has 0 atom stereocenters. The van der Waals surface area contributed by atoms with Gasteiger partial charge in [0, 0.05) is 6.04 Å². The van der Waals surface area contributed by atoms with Crippen molar-refractivity contribution >= 4 is 23.9 Å². The first-order valence-corrected chi connectivity index (χ1v) is 7.58. The predicted octanol–water partition coefficient (Wildman–Crippen LogP) is 1.94. The molecule has 23 heavy (non-hydrogen) atoms. The molecule has 1 heterocycles. The molecule has 4 N–H and O–H groups in total. The van der Waals surface area contributed by atoms with E-state index in [2.05, 4.69) is 10.3 Å². The lowest BCUT2D eigenvalue weighted by molar-refractivity contribution is 0.717. The first-order valence-electron chi connectivity index (χ1n) is 7.58. The minimum absolute atomic E-state index is 0. The standard InChI is InChI=1S/C16H20N4O2.ClH/c17-14-13(18-12-8-4-5-9-12)15(21)19-16(22)20(14)10-11-6-2-1-3-7-11;/h1-3,6-7,12,18H,4-5,8-10,17H2,(H,19,21,22);1H. The molecule has 1 aromatic heterocycles. The number of nitrogens with two attached hydrogens (primary N) is 1. The lowest BCUT2D eigenvalue weighted by Gasteiger charge is -2.17. The number of H-pyrrole nitrogens is 1. The van der Waals surface area contributed by atoms with E-state index in [0.29, 0.717) is 12.2 Å². The van der Waals surface area contributed by atoms with Crippen LogP contribution < -0.4 is 22.3 Å². The summed E-state index contributed by atoms with van der Waals surface area (Å²) in [5.74, 6) is 0.199. The van der Waals surface area contributed by atoms with Crippen LogP contribution in [-0.2, 0) is 6.54 Å². The van der Waals surface area contributed by atoms with E-state index in [1.807, 2.05) is 30.3 Å². The third-order valence-electron chi connectivity index (χ3n) is 4.13. The molecule has 124 valence electrons. The maximum atomic E-state index is 12.1. The van der Waals surface area contributed by atoms with Gasteiger partial charge in [-0.15, -0.1) is 12.4 Å². The normalized spacial score (nSPS) is 14.4. The molecule has 0 aliphatic heterocycles. The van der Waals surface area contributed by atoms with Gasteiger partial charge in [-0.1, -0.05) is 43.2 Å². The monoisotopic (exact) mass is 336 g/mol. The number of nitrogens with one attached hydrogen (secondary N) is 2. The Morgan fingerprint density at radius 3 is 2.48 bits per heavy atom. The van der Waals surface area contributed by atoms with E-state index >= 15 is 0 Å². The third kappa shape index (κ3) is 3.76. The summed E-state index contributed by atoms with van der Waals surface area (Å²) in [5.41, 5.74) is 6.42. The molecule has 1 saturated carbocycles. The molecule has 0 saturated heterocycles. The maximum absolute atomic E-state index is 12.1. The molecule has 3 rings (SSSR count). The summed E-state index contributed by atoms with van der Waals surface area (Å²) in [6.45, 7) is 0.335. The van der Waals surface area contributed by atoms with Gasteiger partial charge in [0.15, 0.2) is 0 Å². The highest BCUT2D eigenvalue weighted by atomic mass is 35.5. The van der Waals surface area contributed by atoms with Gasteiger partial charge < -0.3 is 11.1 Å². The smallest absolute Gasteiger partial charge is 0.330 e. The van der Waals surface area contributed by atoms with Crippen LogP contribution in [0.25, 0.3) is 0 Å². The summed E-state index contributed by atoms with van der Waals surface area (Å²) < 4.78 is 1.40. The van der Waals surface area contributed by atoms with Crippen LogP contribution in [0.15, 0.2) is 39.9 Å². The van der Waals surface area contributed by atoms with Crippen LogP contribution >= 0.6 is 12.4 Å². The molecule has 1 aliphatic rings. The second kappa shape index (κ2) is 7.37. The largest absolute Gasteiger partial charge is 0.383 e. The maximum Gasteiger partial charge on any atom is 0.330 e. The molecule has 0 spiro atoms. The Morgan fingerprint density at radius 1 is 1.17 bits per heavy atom. The minimum atomic E-state index is -0.483. The highest BCUT2D eigenvalue weighted by molar-refractivity contribution is 5.85. The van der Waals surface area contributed by atoms with Crippen LogP contribution in [0.4, 0.5) is 11.5 Å². The Labute approximate surface area is 140 Å². The minimum Gasteiger partial charge on any atom is -0.383 e. The lowest BCUT2D eigenvalue weighted by Crippen LogP contribution is -2.35. The average Bonchev–Trinajstić information content (AvgIpc) is 3.02. The fourth-order valence-corrected chi connectivity index (χ4v) is 2.92. The van der Waals surface area contributed by atoms with E-state index < -0.39 is 11.2 Å². The quantitative estimate of drug-likeness (QED) is 0.795. The molecule has 0 unspecified atom stereocenters. The van der Waals surface area contributed by atoms with Crippen LogP contribution in [0.1, 0.15) is 31.2 Å². The predicted molar refractivity (Wildman–Crippen MR) is 94.4 cm³/mol. The highest BCUT2D eigenvalue weighted by Crippen LogP contribution is 2.23. The Hall–Kier alpha value is -2.21. The van der Waals surface area contributed by atoms with E-state index in [4.69, 9.17) is 5.73 Å². The zero-order chi connectivity index (χ0) is 15.5. The van der Waals surface area contributed by atoms with Crippen LogP contribution in [0.5, 0.6) is 0 Å². The fourth-order valence-electron chi connectivity index (χ4n) is 2.92. The highest BCUT2D eigenvalue weighted by Gasteiger charge is 2.19. The van der Waals surface area contributed by atoms with E-state index in [-0.39, 0.29) is 24.3 Å². The van der Waals surface area contributed by atoms with Gasteiger partial charge >= 0.3 is 5.69 Å². The van der Waals surface area contributed by atoms with Crippen LogP contribution in [0.3, 0.4) is 0 Å². The van der Waals surface area contributed by atoms with Gasteiger partial charge in [0.2, 0.25) is 0 Å². The number of anilines is 2. The summed E-state index contributed by atoms with van der Waals surface area (Å²) in [4.78, 5) is 26.4. The fraction of sp³-hybridized carbons (Fsp3) is 0.375. The Bertz CT molecular complexity index is 764. The number of benzene rings is 1. The van der Waals surface area contributed by atoms with Gasteiger partial charge in [-0.25, -0.2) is 4.79 Å². The number of rotatable bonds is 4. The number of aromatic amines is 1. The van der Waals surface area contributed by atoms with Crippen molar-refractivity contribution in [3.05, 3.63) is 56.7 Å². The molecule has 1 aliphatic carbocycles. The van der Waals surface area contributed by atoms with Crippen molar-refractivity contribution in [2.45, 2.75) is 38.3 Å². The second-order valence-electron chi connectivity index (χ2n) is 5.72. The van der Waals surface area contributed by atoms with Gasteiger partial charge in [-0.2, -0.15) is 0 Å². The zero-order valence-electron chi connectivity index (χ0n) is 12.7. The number of hydrogen-bond acceptors (Lipinski definition) is 4. The molecule has 7 heteroatoms. The molecule has 0 bridgehead atoms. The molecule has 6 nitrogen and oxygen atoms in total. The molecule has 0 amide bonds. The molecule has 1 aromatic carbocycles. The molecule has 0 radical (unpaired) electrons. The van der Waals surface area contributed by atoms with E-state index in [1.54, 1.807) is 0 Å². The summed E-state index contributed by atoms with van der Waals surface area (Å²) in [5, 5.41) is 3.20. The third-order valence-corrected chi connectivity index (χ3v) is 4.13. The summed E-state index contributed by atoms with van der Waals surface area (Å²) in [7, 11) is 0. The van der Waals surface area contributed by atoms with Crippen molar-refractivity contribution in [3.63, 3.8) is 0 Å². The van der Waals surface area contributed by atoms with Gasteiger partial charge in [-0.05, 0) is 18.4 Å². The van der Waals surface area contributed by atoms with Crippen LogP contribution in [0, 0.1) is 0 Å². The number of nitrogen functional groups attached to an aromatic ring is 1. The lowest BCUT2D eigenvalue weighted by atomic mass is 10.2. The van der Waals surface area contributed by atoms with Crippen molar-refractivity contribution in [2.24, 2.45) is 0 Å². The van der Waals surface area contributed by atoms with Crippen LogP contribution in [-0.4, -0.2) is 15.6 Å². The number of hydrogen-bond donors (Lipinski definition) is 3. The van der Waals surface area contributed by atoms with E-state index in [1.165, 1.54) is 4.57 Å². The zero-order valence-corrected chi connectivity index (χ0v) is 13.6. The molecular formula is C16H21ClN4O2. The summed E-state index contributed by atoms with van der Waals surface area (Å²) in [6, 6.07) is 9.81. The van der Waals surface area contributed by atoms with Gasteiger partial charge in [0.25, 0.3) is 5.56 Å². The Kier molecular flexibility index (Phi) is 5.50. The molecular weight excluding hydrogens is 316 g/mol. The number of nitrogens with zero attached hydrogens (tertiary/aromatic N) is 1. The first-order chi connectivity index (χ1) is 10.6. The second-order valence-corrected chi connectivity index (χ2v) is 5.72. The topological polar surface area (TPSA) is 92.9 Å². The SMILES string of the molecule is Cl.Nc1c(NC2CCCC2)c(=O)[nH]c(=O)n1Cc1ccccc1. The van der Waals surface area contributed by atoms with Gasteiger partial charge in [0.05, 0.1) is 6.54 Å². The number of halogens is 1. The van der Waals surface area contributed by atoms with Crippen molar-refractivity contribution in [1.29, 1.82) is 0 Å². The first kappa shape index (κ1) is 17.1. The Morgan fingerprint density at radius 2 is 1.83 bits per heavy atom.